The molecule has 0 bridgehead atoms. The molecular weight excluding hydrogens is 348 g/mol. The molecule has 1 N–H and O–H groups in total. The minimum absolute atomic E-state index is 0.0525. The van der Waals surface area contributed by atoms with Gasteiger partial charge in [0.15, 0.2) is 5.16 Å². The van der Waals surface area contributed by atoms with Crippen molar-refractivity contribution >= 4 is 46.2 Å². The van der Waals surface area contributed by atoms with Gasteiger partial charge >= 0.3 is 0 Å². The van der Waals surface area contributed by atoms with Crippen molar-refractivity contribution in [1.82, 2.24) is 19.8 Å². The number of thioether (sulfide) groups is 1. The highest BCUT2D eigenvalue weighted by Gasteiger charge is 2.16. The molecule has 0 fully saturated rings. The number of carbonyl (C=O) groups excluding carboxylic acids is 2. The number of hydrogen-bond donors (Lipinski definition) is 1. The number of halogens is 1. The Morgan fingerprint density at radius 1 is 1.42 bits per heavy atom. The van der Waals surface area contributed by atoms with Crippen molar-refractivity contribution in [3.05, 3.63) is 23.2 Å². The van der Waals surface area contributed by atoms with Crippen molar-refractivity contribution in [2.75, 3.05) is 26.4 Å². The third-order valence-corrected chi connectivity index (χ3v) is 4.73. The fourth-order valence-electron chi connectivity index (χ4n) is 2.25. The molecule has 1 heterocycles. The Morgan fingerprint density at radius 3 is 2.83 bits per heavy atom. The summed E-state index contributed by atoms with van der Waals surface area (Å²) < 4.78 is 2.10. The SMILES string of the molecule is CCCn1c(SCC(=O)N(C)CC(=O)NC)nc2cc(Cl)ccc21. The van der Waals surface area contributed by atoms with Gasteiger partial charge in [-0.15, -0.1) is 0 Å². The first-order chi connectivity index (χ1) is 11.5. The fourth-order valence-corrected chi connectivity index (χ4v) is 3.40. The minimum atomic E-state index is -0.191. The number of imidazole rings is 1. The van der Waals surface area contributed by atoms with E-state index in [1.807, 2.05) is 18.2 Å². The lowest BCUT2D eigenvalue weighted by Crippen LogP contribution is -2.37. The zero-order chi connectivity index (χ0) is 17.7. The Bertz CT molecular complexity index is 747. The summed E-state index contributed by atoms with van der Waals surface area (Å²) in [5.41, 5.74) is 1.83. The largest absolute Gasteiger partial charge is 0.358 e. The van der Waals surface area contributed by atoms with Gasteiger partial charge in [-0.25, -0.2) is 4.98 Å². The molecule has 0 aliphatic carbocycles. The van der Waals surface area contributed by atoms with Crippen molar-refractivity contribution in [3.63, 3.8) is 0 Å². The predicted molar refractivity (Wildman–Crippen MR) is 97.5 cm³/mol. The zero-order valence-electron chi connectivity index (χ0n) is 14.0. The third-order valence-electron chi connectivity index (χ3n) is 3.53. The van der Waals surface area contributed by atoms with Crippen LogP contribution in [0.15, 0.2) is 23.4 Å². The Labute approximate surface area is 150 Å². The van der Waals surface area contributed by atoms with Crippen LogP contribution in [0, 0.1) is 0 Å². The summed E-state index contributed by atoms with van der Waals surface area (Å²) in [5.74, 6) is -0.0747. The molecule has 0 aliphatic rings. The summed E-state index contributed by atoms with van der Waals surface area (Å²) in [6.45, 7) is 2.97. The molecule has 0 radical (unpaired) electrons. The van der Waals surface area contributed by atoms with Gasteiger partial charge in [-0.3, -0.25) is 9.59 Å². The number of nitrogens with one attached hydrogen (secondary N) is 1. The molecule has 0 aliphatic heterocycles. The molecule has 2 amide bonds. The summed E-state index contributed by atoms with van der Waals surface area (Å²) in [5, 5.41) is 3.93. The zero-order valence-corrected chi connectivity index (χ0v) is 15.6. The summed E-state index contributed by atoms with van der Waals surface area (Å²) in [6, 6.07) is 5.62. The molecule has 130 valence electrons. The van der Waals surface area contributed by atoms with E-state index in [2.05, 4.69) is 21.8 Å². The van der Waals surface area contributed by atoms with Crippen LogP contribution in [0.2, 0.25) is 5.02 Å². The molecule has 8 heteroatoms. The number of carbonyl (C=O) groups is 2. The van der Waals surface area contributed by atoms with Gasteiger partial charge in [0.2, 0.25) is 11.8 Å². The van der Waals surface area contributed by atoms with E-state index in [0.717, 1.165) is 29.2 Å². The van der Waals surface area contributed by atoms with Crippen LogP contribution in [-0.2, 0) is 16.1 Å². The van der Waals surface area contributed by atoms with Crippen LogP contribution in [0.1, 0.15) is 13.3 Å². The fraction of sp³-hybridized carbons (Fsp3) is 0.438. The van der Waals surface area contributed by atoms with Gasteiger partial charge in [-0.1, -0.05) is 30.3 Å². The van der Waals surface area contributed by atoms with Gasteiger partial charge in [-0.2, -0.15) is 0 Å². The standard InChI is InChI=1S/C16H21ClN4O2S/c1-4-7-21-13-6-5-11(17)8-12(13)19-16(21)24-10-15(23)20(3)9-14(22)18-2/h5-6,8H,4,7,9-10H2,1-3H3,(H,18,22). The molecule has 1 aromatic carbocycles. The number of fused-ring (bicyclic) bond motifs is 1. The Morgan fingerprint density at radius 2 is 2.17 bits per heavy atom. The topological polar surface area (TPSA) is 67.2 Å². The summed E-state index contributed by atoms with van der Waals surface area (Å²) in [7, 11) is 3.17. The lowest BCUT2D eigenvalue weighted by molar-refractivity contribution is -0.132. The maximum absolute atomic E-state index is 12.2. The van der Waals surface area contributed by atoms with Gasteiger partial charge in [-0.05, 0) is 24.6 Å². The van der Waals surface area contributed by atoms with Gasteiger partial charge in [0, 0.05) is 25.7 Å². The van der Waals surface area contributed by atoms with Gasteiger partial charge in [0.05, 0.1) is 23.3 Å². The number of aromatic nitrogens is 2. The van der Waals surface area contributed by atoms with Crippen LogP contribution >= 0.6 is 23.4 Å². The predicted octanol–water partition coefficient (Wildman–Crippen LogP) is 2.40. The molecule has 0 saturated carbocycles. The molecule has 0 atom stereocenters. The molecule has 6 nitrogen and oxygen atoms in total. The molecule has 0 unspecified atom stereocenters. The van der Waals surface area contributed by atoms with Crippen LogP contribution in [0.3, 0.4) is 0 Å². The number of amides is 2. The van der Waals surface area contributed by atoms with Crippen molar-refractivity contribution in [2.45, 2.75) is 25.0 Å². The Balaban J connectivity index is 2.12. The van der Waals surface area contributed by atoms with Crippen LogP contribution in [0.4, 0.5) is 0 Å². The van der Waals surface area contributed by atoms with E-state index in [0.29, 0.717) is 5.02 Å². The van der Waals surface area contributed by atoms with Gasteiger partial charge < -0.3 is 14.8 Å². The first kappa shape index (κ1) is 18.6. The average molecular weight is 369 g/mol. The van der Waals surface area contributed by atoms with E-state index in [1.165, 1.54) is 16.7 Å². The van der Waals surface area contributed by atoms with Crippen LogP contribution < -0.4 is 5.32 Å². The molecule has 1 aromatic heterocycles. The smallest absolute Gasteiger partial charge is 0.239 e. The van der Waals surface area contributed by atoms with E-state index in [1.54, 1.807) is 14.1 Å². The third kappa shape index (κ3) is 4.42. The summed E-state index contributed by atoms with van der Waals surface area (Å²) in [6.07, 6.45) is 0.964. The first-order valence-electron chi connectivity index (χ1n) is 7.69. The minimum Gasteiger partial charge on any atom is -0.358 e. The lowest BCUT2D eigenvalue weighted by Gasteiger charge is -2.15. The number of rotatable bonds is 7. The summed E-state index contributed by atoms with van der Waals surface area (Å²) >= 11 is 7.41. The maximum atomic E-state index is 12.2. The van der Waals surface area contributed by atoms with E-state index in [-0.39, 0.29) is 24.1 Å². The van der Waals surface area contributed by atoms with E-state index in [9.17, 15) is 9.59 Å². The average Bonchev–Trinajstić information content (AvgIpc) is 2.89. The highest BCUT2D eigenvalue weighted by Crippen LogP contribution is 2.26. The monoisotopic (exact) mass is 368 g/mol. The van der Waals surface area contributed by atoms with E-state index >= 15 is 0 Å². The highest BCUT2D eigenvalue weighted by molar-refractivity contribution is 7.99. The van der Waals surface area contributed by atoms with Crippen molar-refractivity contribution in [3.8, 4) is 0 Å². The Kier molecular flexibility index (Phi) is 6.51. The van der Waals surface area contributed by atoms with E-state index < -0.39 is 0 Å². The van der Waals surface area contributed by atoms with Crippen molar-refractivity contribution in [1.29, 1.82) is 0 Å². The van der Waals surface area contributed by atoms with Crippen molar-refractivity contribution in [2.24, 2.45) is 0 Å². The second kappa shape index (κ2) is 8.39. The number of nitrogens with zero attached hydrogens (tertiary/aromatic N) is 3. The second-order valence-electron chi connectivity index (χ2n) is 5.39. The van der Waals surface area contributed by atoms with E-state index in [4.69, 9.17) is 11.6 Å². The molecule has 24 heavy (non-hydrogen) atoms. The lowest BCUT2D eigenvalue weighted by atomic mass is 10.3. The highest BCUT2D eigenvalue weighted by atomic mass is 35.5. The molecular formula is C16H21ClN4O2S. The number of likely N-dealkylation sites (N-methyl/N-ethyl adjacent to an activating group) is 2. The quantitative estimate of drug-likeness (QED) is 0.762. The number of benzene rings is 1. The van der Waals surface area contributed by atoms with Gasteiger partial charge in [0.1, 0.15) is 0 Å². The molecule has 2 rings (SSSR count). The van der Waals surface area contributed by atoms with Crippen LogP contribution in [0.5, 0.6) is 0 Å². The normalized spacial score (nSPS) is 10.8. The molecule has 2 aromatic rings. The number of aryl methyl sites for hydroxylation is 1. The van der Waals surface area contributed by atoms with Gasteiger partial charge in [0.25, 0.3) is 0 Å². The number of hydrogen-bond acceptors (Lipinski definition) is 4. The second-order valence-corrected chi connectivity index (χ2v) is 6.77. The molecule has 0 saturated heterocycles. The first-order valence-corrected chi connectivity index (χ1v) is 9.05. The summed E-state index contributed by atoms with van der Waals surface area (Å²) in [4.78, 5) is 29.5. The molecule has 0 spiro atoms. The van der Waals surface area contributed by atoms with Crippen molar-refractivity contribution < 1.29 is 9.59 Å². The van der Waals surface area contributed by atoms with Crippen LogP contribution in [-0.4, -0.2) is 52.7 Å². The maximum Gasteiger partial charge on any atom is 0.239 e. The Hall–Kier alpha value is -1.73. The van der Waals surface area contributed by atoms with Crippen LogP contribution in [0.25, 0.3) is 11.0 Å².